The molecule has 0 aliphatic carbocycles. The van der Waals surface area contributed by atoms with E-state index in [1.165, 1.54) is 6.07 Å². The SMILES string of the molecule is Cc1cccc(C(=O)NCc2cc(=O)oc3cc(C)cc(C)c23)c1. The monoisotopic (exact) mass is 321 g/mol. The van der Waals surface area contributed by atoms with Gasteiger partial charge in [0.2, 0.25) is 0 Å². The highest BCUT2D eigenvalue weighted by Gasteiger charge is 2.11. The largest absolute Gasteiger partial charge is 0.423 e. The second kappa shape index (κ2) is 6.32. The van der Waals surface area contributed by atoms with Crippen LogP contribution in [0.1, 0.15) is 32.6 Å². The summed E-state index contributed by atoms with van der Waals surface area (Å²) in [5, 5.41) is 3.76. The van der Waals surface area contributed by atoms with Crippen LogP contribution in [0.5, 0.6) is 0 Å². The molecule has 1 heterocycles. The lowest BCUT2D eigenvalue weighted by Crippen LogP contribution is -2.23. The number of carbonyl (C=O) groups excluding carboxylic acids is 1. The molecule has 0 saturated carbocycles. The zero-order valence-electron chi connectivity index (χ0n) is 14.0. The second-order valence-electron chi connectivity index (χ2n) is 6.10. The lowest BCUT2D eigenvalue weighted by atomic mass is 10.0. The summed E-state index contributed by atoms with van der Waals surface area (Å²) in [7, 11) is 0. The molecule has 0 unspecified atom stereocenters. The van der Waals surface area contributed by atoms with Crippen molar-refractivity contribution in [3.05, 3.63) is 80.7 Å². The Morgan fingerprint density at radius 2 is 1.83 bits per heavy atom. The molecule has 0 fully saturated rings. The number of aryl methyl sites for hydroxylation is 3. The van der Waals surface area contributed by atoms with E-state index in [1.54, 1.807) is 6.07 Å². The topological polar surface area (TPSA) is 59.3 Å². The minimum Gasteiger partial charge on any atom is -0.423 e. The molecule has 4 nitrogen and oxygen atoms in total. The van der Waals surface area contributed by atoms with E-state index in [1.807, 2.05) is 51.1 Å². The molecule has 0 spiro atoms. The molecule has 1 aromatic heterocycles. The van der Waals surface area contributed by atoms with E-state index in [2.05, 4.69) is 5.32 Å². The first-order valence-electron chi connectivity index (χ1n) is 7.83. The number of hydrogen-bond acceptors (Lipinski definition) is 3. The molecule has 0 aliphatic heterocycles. The Balaban J connectivity index is 1.93. The fraction of sp³-hybridized carbons (Fsp3) is 0.200. The van der Waals surface area contributed by atoms with Crippen LogP contribution in [0.4, 0.5) is 0 Å². The molecule has 0 aliphatic rings. The fourth-order valence-electron chi connectivity index (χ4n) is 2.98. The lowest BCUT2D eigenvalue weighted by molar-refractivity contribution is 0.0951. The zero-order chi connectivity index (χ0) is 17.3. The molecule has 2 aromatic carbocycles. The Kier molecular flexibility index (Phi) is 4.21. The quantitative estimate of drug-likeness (QED) is 0.749. The summed E-state index contributed by atoms with van der Waals surface area (Å²) in [4.78, 5) is 24.1. The Morgan fingerprint density at radius 1 is 1.04 bits per heavy atom. The first-order valence-corrected chi connectivity index (χ1v) is 7.83. The normalized spacial score (nSPS) is 10.8. The van der Waals surface area contributed by atoms with E-state index in [4.69, 9.17) is 4.42 Å². The summed E-state index contributed by atoms with van der Waals surface area (Å²) in [6.45, 7) is 6.15. The molecular weight excluding hydrogens is 302 g/mol. The highest BCUT2D eigenvalue weighted by molar-refractivity contribution is 5.94. The van der Waals surface area contributed by atoms with E-state index < -0.39 is 5.63 Å². The summed E-state index contributed by atoms with van der Waals surface area (Å²) in [5.41, 5.74) is 4.60. The van der Waals surface area contributed by atoms with Crippen LogP contribution in [0.3, 0.4) is 0 Å². The minimum absolute atomic E-state index is 0.162. The fourth-order valence-corrected chi connectivity index (χ4v) is 2.98. The number of rotatable bonds is 3. The van der Waals surface area contributed by atoms with Gasteiger partial charge < -0.3 is 9.73 Å². The summed E-state index contributed by atoms with van der Waals surface area (Å²) in [6.07, 6.45) is 0. The molecule has 122 valence electrons. The maximum absolute atomic E-state index is 12.3. The molecule has 3 rings (SSSR count). The van der Waals surface area contributed by atoms with Crippen molar-refractivity contribution in [1.29, 1.82) is 0 Å². The van der Waals surface area contributed by atoms with Gasteiger partial charge >= 0.3 is 5.63 Å². The molecule has 1 amide bonds. The van der Waals surface area contributed by atoms with Gasteiger partial charge in [-0.2, -0.15) is 0 Å². The van der Waals surface area contributed by atoms with Crippen LogP contribution in [-0.4, -0.2) is 5.91 Å². The van der Waals surface area contributed by atoms with Gasteiger partial charge in [0.05, 0.1) is 0 Å². The molecule has 4 heteroatoms. The van der Waals surface area contributed by atoms with Crippen LogP contribution in [0.25, 0.3) is 11.0 Å². The number of benzene rings is 2. The van der Waals surface area contributed by atoms with Crippen LogP contribution in [0, 0.1) is 20.8 Å². The summed E-state index contributed by atoms with van der Waals surface area (Å²) in [6, 6.07) is 12.7. The van der Waals surface area contributed by atoms with Gasteiger partial charge in [-0.15, -0.1) is 0 Å². The average molecular weight is 321 g/mol. The van der Waals surface area contributed by atoms with Gasteiger partial charge in [0.1, 0.15) is 5.58 Å². The van der Waals surface area contributed by atoms with Gasteiger partial charge in [-0.05, 0) is 55.7 Å². The average Bonchev–Trinajstić information content (AvgIpc) is 2.51. The van der Waals surface area contributed by atoms with Crippen LogP contribution >= 0.6 is 0 Å². The molecule has 0 saturated heterocycles. The second-order valence-corrected chi connectivity index (χ2v) is 6.10. The highest BCUT2D eigenvalue weighted by Crippen LogP contribution is 2.23. The predicted molar refractivity (Wildman–Crippen MR) is 94.3 cm³/mol. The van der Waals surface area contributed by atoms with Gasteiger partial charge in [0.15, 0.2) is 0 Å². The van der Waals surface area contributed by atoms with E-state index in [0.29, 0.717) is 11.1 Å². The maximum atomic E-state index is 12.3. The third-order valence-corrected chi connectivity index (χ3v) is 3.99. The van der Waals surface area contributed by atoms with Gasteiger partial charge in [-0.3, -0.25) is 4.79 Å². The number of nitrogens with one attached hydrogen (secondary N) is 1. The number of hydrogen-bond donors (Lipinski definition) is 1. The molecule has 1 N–H and O–H groups in total. The zero-order valence-corrected chi connectivity index (χ0v) is 14.0. The Labute approximate surface area is 140 Å². The number of carbonyl (C=O) groups is 1. The van der Waals surface area contributed by atoms with Crippen LogP contribution in [0.2, 0.25) is 0 Å². The van der Waals surface area contributed by atoms with Crippen molar-refractivity contribution in [3.8, 4) is 0 Å². The van der Waals surface area contributed by atoms with Crippen LogP contribution < -0.4 is 10.9 Å². The predicted octanol–water partition coefficient (Wildman–Crippen LogP) is 3.65. The van der Waals surface area contributed by atoms with Crippen LogP contribution in [-0.2, 0) is 6.54 Å². The van der Waals surface area contributed by atoms with Gasteiger partial charge in [0.25, 0.3) is 5.91 Å². The molecule has 0 atom stereocenters. The number of amides is 1. The van der Waals surface area contributed by atoms with Crippen molar-refractivity contribution < 1.29 is 9.21 Å². The maximum Gasteiger partial charge on any atom is 0.336 e. The molecule has 24 heavy (non-hydrogen) atoms. The van der Waals surface area contributed by atoms with E-state index >= 15 is 0 Å². The van der Waals surface area contributed by atoms with Crippen molar-refractivity contribution in [2.24, 2.45) is 0 Å². The van der Waals surface area contributed by atoms with Gasteiger partial charge in [0, 0.05) is 23.6 Å². The summed E-state index contributed by atoms with van der Waals surface area (Å²) >= 11 is 0. The Bertz CT molecular complexity index is 986. The first-order chi connectivity index (χ1) is 11.4. The molecule has 0 bridgehead atoms. The lowest BCUT2D eigenvalue weighted by Gasteiger charge is -2.10. The number of fused-ring (bicyclic) bond motifs is 1. The van der Waals surface area contributed by atoms with Crippen molar-refractivity contribution in [2.45, 2.75) is 27.3 Å². The van der Waals surface area contributed by atoms with Gasteiger partial charge in [-0.25, -0.2) is 4.79 Å². The van der Waals surface area contributed by atoms with Crippen molar-refractivity contribution in [3.63, 3.8) is 0 Å². The minimum atomic E-state index is -0.410. The van der Waals surface area contributed by atoms with Crippen molar-refractivity contribution in [1.82, 2.24) is 5.32 Å². The van der Waals surface area contributed by atoms with Crippen molar-refractivity contribution >= 4 is 16.9 Å². The Hall–Kier alpha value is -2.88. The third-order valence-electron chi connectivity index (χ3n) is 3.99. The highest BCUT2D eigenvalue weighted by atomic mass is 16.4. The van der Waals surface area contributed by atoms with Crippen LogP contribution in [0.15, 0.2) is 51.7 Å². The first kappa shape index (κ1) is 16.0. The summed E-state index contributed by atoms with van der Waals surface area (Å²) in [5.74, 6) is -0.162. The molecule has 0 radical (unpaired) electrons. The summed E-state index contributed by atoms with van der Waals surface area (Å²) < 4.78 is 5.30. The standard InChI is InChI=1S/C20H19NO3/c1-12-5-4-6-15(8-12)20(23)21-11-16-10-18(22)24-17-9-13(2)7-14(3)19(16)17/h4-10H,11H2,1-3H3,(H,21,23). The van der Waals surface area contributed by atoms with E-state index in [0.717, 1.165) is 27.6 Å². The Morgan fingerprint density at radius 3 is 2.58 bits per heavy atom. The third kappa shape index (κ3) is 3.23. The smallest absolute Gasteiger partial charge is 0.336 e. The molecule has 3 aromatic rings. The van der Waals surface area contributed by atoms with E-state index in [9.17, 15) is 9.59 Å². The molecular formula is C20H19NO3. The van der Waals surface area contributed by atoms with Crippen molar-refractivity contribution in [2.75, 3.05) is 0 Å². The van der Waals surface area contributed by atoms with E-state index in [-0.39, 0.29) is 12.5 Å². The van der Waals surface area contributed by atoms with Gasteiger partial charge in [-0.1, -0.05) is 23.8 Å².